The number of aromatic nitrogens is 1. The summed E-state index contributed by atoms with van der Waals surface area (Å²) >= 11 is 1.82. The van der Waals surface area contributed by atoms with Gasteiger partial charge >= 0.3 is 0 Å². The lowest BCUT2D eigenvalue weighted by Crippen LogP contribution is -2.32. The average Bonchev–Trinajstić information content (AvgIpc) is 2.48. The van der Waals surface area contributed by atoms with Gasteiger partial charge in [-0.2, -0.15) is 11.8 Å². The third-order valence-corrected chi connectivity index (χ3v) is 5.18. The quantitative estimate of drug-likeness (QED) is 0.566. The SMILES string of the molecule is CCC(CC)(CNc1cc([N+](=O)[O-])cc(NC)n1)SC. The van der Waals surface area contributed by atoms with Crippen molar-refractivity contribution in [3.8, 4) is 0 Å². The molecule has 1 aromatic rings. The zero-order valence-corrected chi connectivity index (χ0v) is 13.2. The van der Waals surface area contributed by atoms with Gasteiger partial charge < -0.3 is 10.6 Å². The molecule has 1 aromatic heterocycles. The maximum atomic E-state index is 10.9. The van der Waals surface area contributed by atoms with E-state index in [4.69, 9.17) is 0 Å². The van der Waals surface area contributed by atoms with Crippen molar-refractivity contribution in [3.63, 3.8) is 0 Å². The first-order valence-electron chi connectivity index (χ1n) is 6.63. The highest BCUT2D eigenvalue weighted by atomic mass is 32.2. The van der Waals surface area contributed by atoms with Crippen molar-refractivity contribution in [3.05, 3.63) is 22.2 Å². The summed E-state index contributed by atoms with van der Waals surface area (Å²) in [7, 11) is 1.69. The van der Waals surface area contributed by atoms with E-state index in [1.165, 1.54) is 12.1 Å². The molecule has 0 spiro atoms. The fourth-order valence-corrected chi connectivity index (χ4v) is 2.75. The van der Waals surface area contributed by atoms with Crippen molar-refractivity contribution in [1.82, 2.24) is 4.98 Å². The molecule has 1 rings (SSSR count). The number of thioether (sulfide) groups is 1. The van der Waals surface area contributed by atoms with Gasteiger partial charge in [0.2, 0.25) is 0 Å². The van der Waals surface area contributed by atoms with Gasteiger partial charge in [0.25, 0.3) is 5.69 Å². The van der Waals surface area contributed by atoms with Gasteiger partial charge in [-0.05, 0) is 19.1 Å². The number of hydrogen-bond acceptors (Lipinski definition) is 6. The molecule has 1 heterocycles. The lowest BCUT2D eigenvalue weighted by atomic mass is 10.0. The predicted octanol–water partition coefficient (Wildman–Crippen LogP) is 3.37. The fraction of sp³-hybridized carbons (Fsp3) is 0.615. The maximum absolute atomic E-state index is 10.9. The predicted molar refractivity (Wildman–Crippen MR) is 85.8 cm³/mol. The normalized spacial score (nSPS) is 11.2. The van der Waals surface area contributed by atoms with E-state index in [1.54, 1.807) is 7.05 Å². The number of anilines is 2. The van der Waals surface area contributed by atoms with Crippen LogP contribution in [-0.4, -0.2) is 34.5 Å². The average molecular weight is 298 g/mol. The molecule has 112 valence electrons. The minimum Gasteiger partial charge on any atom is -0.373 e. The van der Waals surface area contributed by atoms with Crippen molar-refractivity contribution in [2.75, 3.05) is 30.5 Å². The van der Waals surface area contributed by atoms with Crippen molar-refractivity contribution in [1.29, 1.82) is 0 Å². The van der Waals surface area contributed by atoms with Crippen LogP contribution in [0.25, 0.3) is 0 Å². The molecule has 2 N–H and O–H groups in total. The summed E-state index contributed by atoms with van der Waals surface area (Å²) in [6.45, 7) is 5.04. The molecule has 6 nitrogen and oxygen atoms in total. The van der Waals surface area contributed by atoms with Crippen LogP contribution in [0, 0.1) is 10.1 Å². The zero-order chi connectivity index (χ0) is 15.2. The van der Waals surface area contributed by atoms with Gasteiger partial charge in [0, 0.05) is 18.3 Å². The molecule has 0 aliphatic rings. The first kappa shape index (κ1) is 16.6. The van der Waals surface area contributed by atoms with Gasteiger partial charge in [-0.3, -0.25) is 10.1 Å². The van der Waals surface area contributed by atoms with Crippen molar-refractivity contribution < 1.29 is 4.92 Å². The highest BCUT2D eigenvalue weighted by molar-refractivity contribution is 8.00. The van der Waals surface area contributed by atoms with Gasteiger partial charge in [-0.25, -0.2) is 4.98 Å². The number of rotatable bonds is 8. The minimum absolute atomic E-state index is 0.0367. The Kier molecular flexibility index (Phi) is 6.06. The van der Waals surface area contributed by atoms with Crippen molar-refractivity contribution in [2.45, 2.75) is 31.4 Å². The van der Waals surface area contributed by atoms with E-state index >= 15 is 0 Å². The Morgan fingerprint density at radius 2 is 1.95 bits per heavy atom. The van der Waals surface area contributed by atoms with Crippen LogP contribution in [0.3, 0.4) is 0 Å². The summed E-state index contributed by atoms with van der Waals surface area (Å²) in [5.41, 5.74) is 0.0367. The summed E-state index contributed by atoms with van der Waals surface area (Å²) in [5, 5.41) is 17.0. The first-order chi connectivity index (χ1) is 9.50. The summed E-state index contributed by atoms with van der Waals surface area (Å²) < 4.78 is 0.131. The Labute approximate surface area is 123 Å². The highest BCUT2D eigenvalue weighted by Gasteiger charge is 2.25. The van der Waals surface area contributed by atoms with Gasteiger partial charge in [-0.15, -0.1) is 0 Å². The monoisotopic (exact) mass is 298 g/mol. The second kappa shape index (κ2) is 7.33. The minimum atomic E-state index is -0.408. The molecule has 0 unspecified atom stereocenters. The number of hydrogen-bond donors (Lipinski definition) is 2. The van der Waals surface area contributed by atoms with Crippen LogP contribution in [0.15, 0.2) is 12.1 Å². The summed E-state index contributed by atoms with van der Waals surface area (Å²) in [6, 6.07) is 2.89. The first-order valence-corrected chi connectivity index (χ1v) is 7.86. The van der Waals surface area contributed by atoms with E-state index in [2.05, 4.69) is 35.7 Å². The zero-order valence-electron chi connectivity index (χ0n) is 12.4. The van der Waals surface area contributed by atoms with Crippen LogP contribution in [0.4, 0.5) is 17.3 Å². The smallest absolute Gasteiger partial charge is 0.276 e. The molecule has 7 heteroatoms. The molecule has 20 heavy (non-hydrogen) atoms. The second-order valence-corrected chi connectivity index (χ2v) is 5.83. The van der Waals surface area contributed by atoms with Crippen LogP contribution in [0.2, 0.25) is 0 Å². The molecule has 0 saturated carbocycles. The number of nitrogens with zero attached hydrogens (tertiary/aromatic N) is 2. The number of pyridine rings is 1. The van der Waals surface area contributed by atoms with Crippen molar-refractivity contribution >= 4 is 29.1 Å². The molecule has 0 aromatic carbocycles. The molecule has 0 aliphatic carbocycles. The Bertz CT molecular complexity index is 455. The van der Waals surface area contributed by atoms with Crippen molar-refractivity contribution in [2.24, 2.45) is 0 Å². The third kappa shape index (κ3) is 4.00. The van der Waals surface area contributed by atoms with Crippen LogP contribution < -0.4 is 10.6 Å². The van der Waals surface area contributed by atoms with Gasteiger partial charge in [-0.1, -0.05) is 13.8 Å². The third-order valence-electron chi connectivity index (χ3n) is 3.59. The van der Waals surface area contributed by atoms with E-state index in [1.807, 2.05) is 11.8 Å². The molecular formula is C13H22N4O2S. The van der Waals surface area contributed by atoms with Crippen LogP contribution >= 0.6 is 11.8 Å². The van der Waals surface area contributed by atoms with Gasteiger partial charge in [0.05, 0.1) is 17.1 Å². The Hall–Kier alpha value is -1.50. The topological polar surface area (TPSA) is 80.1 Å². The lowest BCUT2D eigenvalue weighted by molar-refractivity contribution is -0.384. The lowest BCUT2D eigenvalue weighted by Gasteiger charge is -2.30. The Morgan fingerprint density at radius 3 is 2.40 bits per heavy atom. The largest absolute Gasteiger partial charge is 0.373 e. The van der Waals surface area contributed by atoms with Crippen LogP contribution in [-0.2, 0) is 0 Å². The van der Waals surface area contributed by atoms with Crippen LogP contribution in [0.1, 0.15) is 26.7 Å². The molecular weight excluding hydrogens is 276 g/mol. The van der Waals surface area contributed by atoms with Gasteiger partial charge in [0.1, 0.15) is 11.6 Å². The molecule has 0 amide bonds. The van der Waals surface area contributed by atoms with E-state index < -0.39 is 4.92 Å². The highest BCUT2D eigenvalue weighted by Crippen LogP contribution is 2.31. The van der Waals surface area contributed by atoms with E-state index in [9.17, 15) is 10.1 Å². The molecule has 0 bridgehead atoms. The summed E-state index contributed by atoms with van der Waals surface area (Å²) in [6.07, 6.45) is 4.16. The summed E-state index contributed by atoms with van der Waals surface area (Å²) in [5.74, 6) is 1.02. The molecule has 0 atom stereocenters. The molecule has 0 fully saturated rings. The molecule has 0 radical (unpaired) electrons. The van der Waals surface area contributed by atoms with E-state index in [0.717, 1.165) is 19.4 Å². The fourth-order valence-electron chi connectivity index (χ4n) is 1.95. The second-order valence-electron chi connectivity index (χ2n) is 4.55. The van der Waals surface area contributed by atoms with E-state index in [-0.39, 0.29) is 10.4 Å². The molecule has 0 aliphatic heterocycles. The summed E-state index contributed by atoms with van der Waals surface area (Å²) in [4.78, 5) is 14.8. The Morgan fingerprint density at radius 1 is 1.35 bits per heavy atom. The maximum Gasteiger partial charge on any atom is 0.276 e. The number of nitro groups is 1. The van der Waals surface area contributed by atoms with Gasteiger partial charge in [0.15, 0.2) is 0 Å². The van der Waals surface area contributed by atoms with E-state index in [0.29, 0.717) is 11.6 Å². The Balaban J connectivity index is 2.91. The molecule has 0 saturated heterocycles. The number of nitrogens with one attached hydrogen (secondary N) is 2. The van der Waals surface area contributed by atoms with Crippen LogP contribution in [0.5, 0.6) is 0 Å². The standard InChI is InChI=1S/C13H22N4O2S/c1-5-13(6-2,20-4)9-15-12-8-10(17(18)19)7-11(14-3)16-12/h7-8H,5-6,9H2,1-4H3,(H2,14,15,16).